The van der Waals surface area contributed by atoms with E-state index in [4.69, 9.17) is 42.6 Å². The molecule has 4 N–H and O–H groups in total. The van der Waals surface area contributed by atoms with Crippen LogP contribution in [0.4, 0.5) is 0 Å². The third-order valence-corrected chi connectivity index (χ3v) is 8.58. The van der Waals surface area contributed by atoms with Gasteiger partial charge in [0, 0.05) is 17.4 Å². The summed E-state index contributed by atoms with van der Waals surface area (Å²) in [5.74, 6) is 1.06. The number of hydrogen-bond donors (Lipinski definition) is 4. The molecule has 13 nitrogen and oxygen atoms in total. The lowest BCUT2D eigenvalue weighted by Gasteiger charge is -2.27. The van der Waals surface area contributed by atoms with E-state index in [0.717, 1.165) is 11.1 Å². The molecule has 0 radical (unpaired) electrons. The number of aliphatic hydroxyl groups is 2. The normalized spacial score (nSPS) is 21.7. The first-order valence-corrected chi connectivity index (χ1v) is 14.6. The van der Waals surface area contributed by atoms with E-state index in [1.165, 1.54) is 54.8 Å². The van der Waals surface area contributed by atoms with Crippen molar-refractivity contribution < 1.29 is 63.1 Å². The Balaban J connectivity index is 1.41. The Bertz CT molecular complexity index is 1480. The van der Waals surface area contributed by atoms with Crippen molar-refractivity contribution in [1.29, 1.82) is 0 Å². The molecule has 0 aliphatic carbocycles. The van der Waals surface area contributed by atoms with E-state index in [0.29, 0.717) is 24.7 Å². The van der Waals surface area contributed by atoms with Gasteiger partial charge in [-0.3, -0.25) is 0 Å². The first-order valence-electron chi connectivity index (χ1n) is 14.6. The van der Waals surface area contributed by atoms with E-state index in [9.17, 15) is 20.4 Å². The molecular weight excluding hydrogens is 604 g/mol. The third-order valence-electron chi connectivity index (χ3n) is 8.58. The Labute approximate surface area is 266 Å². The molecule has 0 bridgehead atoms. The molecule has 250 valence electrons. The SMILES string of the molecule is COc1cc([C@H]2OC[C@@H]3[C@H]2CO[C@H]3c2cc(OC)c(O[C@@H](CO)[C@H](O)c3ccc(OC)c(O)c3OC)c(OC)c2)cc(OC)c1O. The highest BCUT2D eigenvalue weighted by atomic mass is 16.6. The number of ether oxygens (including phenoxy) is 9. The fraction of sp³-hybridized carbons (Fsp3) is 0.455. The number of aromatic hydroxyl groups is 2. The average molecular weight is 645 g/mol. The van der Waals surface area contributed by atoms with Crippen LogP contribution in [0.5, 0.6) is 51.7 Å². The number of benzene rings is 3. The summed E-state index contributed by atoms with van der Waals surface area (Å²) in [5, 5.41) is 42.4. The second-order valence-electron chi connectivity index (χ2n) is 10.9. The maximum Gasteiger partial charge on any atom is 0.204 e. The van der Waals surface area contributed by atoms with E-state index >= 15 is 0 Å². The number of rotatable bonds is 13. The maximum atomic E-state index is 11.2. The first kappa shape index (κ1) is 33.1. The zero-order chi connectivity index (χ0) is 33.1. The summed E-state index contributed by atoms with van der Waals surface area (Å²) in [6.45, 7) is 0.250. The van der Waals surface area contributed by atoms with Crippen LogP contribution in [-0.4, -0.2) is 89.0 Å². The molecule has 46 heavy (non-hydrogen) atoms. The van der Waals surface area contributed by atoms with Gasteiger partial charge in [0.2, 0.25) is 17.2 Å². The number of aliphatic hydroxyl groups excluding tert-OH is 2. The van der Waals surface area contributed by atoms with Gasteiger partial charge in [0.25, 0.3) is 0 Å². The summed E-state index contributed by atoms with van der Waals surface area (Å²) in [5.41, 5.74) is 1.75. The fourth-order valence-electron chi connectivity index (χ4n) is 6.23. The molecule has 5 rings (SSSR count). The Morgan fingerprint density at radius 1 is 0.652 bits per heavy atom. The lowest BCUT2D eigenvalue weighted by molar-refractivity contribution is -0.00305. The van der Waals surface area contributed by atoms with Gasteiger partial charge in [0.15, 0.2) is 40.6 Å². The summed E-state index contributed by atoms with van der Waals surface area (Å²) in [4.78, 5) is 0. The Morgan fingerprint density at radius 2 is 1.13 bits per heavy atom. The van der Waals surface area contributed by atoms with Gasteiger partial charge >= 0.3 is 0 Å². The highest BCUT2D eigenvalue weighted by molar-refractivity contribution is 5.57. The van der Waals surface area contributed by atoms with Crippen molar-refractivity contribution in [3.63, 3.8) is 0 Å². The molecular formula is C33H40O13. The largest absolute Gasteiger partial charge is 0.502 e. The summed E-state index contributed by atoms with van der Waals surface area (Å²) >= 11 is 0. The van der Waals surface area contributed by atoms with E-state index in [1.54, 1.807) is 24.3 Å². The number of methoxy groups -OCH3 is 6. The van der Waals surface area contributed by atoms with Gasteiger partial charge in [-0.1, -0.05) is 0 Å². The molecule has 2 heterocycles. The van der Waals surface area contributed by atoms with Crippen molar-refractivity contribution in [2.24, 2.45) is 11.8 Å². The molecule has 3 aromatic rings. The summed E-state index contributed by atoms with van der Waals surface area (Å²) in [7, 11) is 8.63. The standard InChI is InChI=1S/C33H40O13/c1-38-21-8-7-18(32(43-6)29(21)37)27(35)26(13-34)46-33-24(41-4)11-17(12-25(33)42-5)31-20-15-44-30(19(20)14-45-31)16-9-22(39-2)28(36)23(10-16)40-3/h7-12,19-20,26-27,30-31,34-37H,13-15H2,1-6H3/t19-,20-,26+,27-,30-,31+/m1/s1. The Hall–Kier alpha value is -4.30. The molecule has 0 amide bonds. The molecule has 0 saturated carbocycles. The van der Waals surface area contributed by atoms with Crippen LogP contribution in [0.25, 0.3) is 0 Å². The summed E-state index contributed by atoms with van der Waals surface area (Å²) in [6, 6.07) is 10.0. The molecule has 2 aliphatic rings. The van der Waals surface area contributed by atoms with Gasteiger partial charge in [-0.15, -0.1) is 0 Å². The smallest absolute Gasteiger partial charge is 0.204 e. The van der Waals surface area contributed by atoms with Crippen molar-refractivity contribution in [3.8, 4) is 51.7 Å². The molecule has 2 saturated heterocycles. The second-order valence-corrected chi connectivity index (χ2v) is 10.9. The predicted octanol–water partition coefficient (Wildman–Crippen LogP) is 3.70. The number of phenols is 2. The molecule has 13 heteroatoms. The quantitative estimate of drug-likeness (QED) is 0.213. The lowest BCUT2D eigenvalue weighted by atomic mass is 9.84. The fourth-order valence-corrected chi connectivity index (χ4v) is 6.23. The molecule has 0 spiro atoms. The highest BCUT2D eigenvalue weighted by Gasteiger charge is 2.49. The summed E-state index contributed by atoms with van der Waals surface area (Å²) < 4.78 is 51.2. The van der Waals surface area contributed by atoms with Crippen LogP contribution in [-0.2, 0) is 9.47 Å². The van der Waals surface area contributed by atoms with Crippen LogP contribution in [0.2, 0.25) is 0 Å². The maximum absolute atomic E-state index is 11.2. The van der Waals surface area contributed by atoms with Crippen molar-refractivity contribution in [3.05, 3.63) is 53.1 Å². The van der Waals surface area contributed by atoms with Crippen LogP contribution in [0.15, 0.2) is 36.4 Å². The Kier molecular flexibility index (Phi) is 10.1. The van der Waals surface area contributed by atoms with E-state index in [2.05, 4.69) is 0 Å². The molecule has 6 atom stereocenters. The van der Waals surface area contributed by atoms with Gasteiger partial charge in [-0.05, 0) is 47.5 Å². The highest BCUT2D eigenvalue weighted by Crippen LogP contribution is 2.54. The summed E-state index contributed by atoms with van der Waals surface area (Å²) in [6.07, 6.45) is -3.30. The van der Waals surface area contributed by atoms with Crippen molar-refractivity contribution in [1.82, 2.24) is 0 Å². The molecule has 2 fully saturated rings. The number of fused-ring (bicyclic) bond motifs is 1. The first-order chi connectivity index (χ1) is 22.2. The van der Waals surface area contributed by atoms with Gasteiger partial charge in [-0.2, -0.15) is 0 Å². The van der Waals surface area contributed by atoms with Crippen molar-refractivity contribution in [2.75, 3.05) is 62.5 Å². The molecule has 0 unspecified atom stereocenters. The Morgan fingerprint density at radius 3 is 1.57 bits per heavy atom. The van der Waals surface area contributed by atoms with Gasteiger partial charge in [0.1, 0.15) is 6.10 Å². The van der Waals surface area contributed by atoms with Crippen LogP contribution in [0.1, 0.15) is 35.0 Å². The van der Waals surface area contributed by atoms with Crippen molar-refractivity contribution >= 4 is 0 Å². The van der Waals surface area contributed by atoms with E-state index < -0.39 is 18.8 Å². The monoisotopic (exact) mass is 644 g/mol. The lowest BCUT2D eigenvalue weighted by Crippen LogP contribution is -2.30. The van der Waals surface area contributed by atoms with E-state index in [-0.39, 0.29) is 69.9 Å². The van der Waals surface area contributed by atoms with Crippen molar-refractivity contribution in [2.45, 2.75) is 24.4 Å². The van der Waals surface area contributed by atoms with Gasteiger partial charge in [0.05, 0.1) is 74.7 Å². The molecule has 3 aromatic carbocycles. The topological polar surface area (TPSA) is 164 Å². The average Bonchev–Trinajstić information content (AvgIpc) is 3.69. The molecule has 0 aromatic heterocycles. The van der Waals surface area contributed by atoms with E-state index in [1.807, 2.05) is 0 Å². The number of hydrogen-bond acceptors (Lipinski definition) is 13. The minimum Gasteiger partial charge on any atom is -0.502 e. The van der Waals surface area contributed by atoms with Gasteiger partial charge in [-0.25, -0.2) is 0 Å². The zero-order valence-corrected chi connectivity index (χ0v) is 26.5. The zero-order valence-electron chi connectivity index (χ0n) is 26.5. The second kappa shape index (κ2) is 14.0. The van der Waals surface area contributed by atoms with Crippen LogP contribution >= 0.6 is 0 Å². The van der Waals surface area contributed by atoms with Crippen LogP contribution in [0.3, 0.4) is 0 Å². The minimum atomic E-state index is -1.42. The predicted molar refractivity (Wildman–Crippen MR) is 163 cm³/mol. The van der Waals surface area contributed by atoms with Crippen LogP contribution in [0, 0.1) is 11.8 Å². The van der Waals surface area contributed by atoms with Gasteiger partial charge < -0.3 is 63.1 Å². The number of phenolic OH excluding ortho intramolecular Hbond substituents is 2. The minimum absolute atomic E-state index is 0.00156. The van der Waals surface area contributed by atoms with Crippen LogP contribution < -0.4 is 33.2 Å². The third kappa shape index (κ3) is 5.86. The molecule has 2 aliphatic heterocycles.